The van der Waals surface area contributed by atoms with Crippen LogP contribution in [0.1, 0.15) is 36.6 Å². The molecule has 23 heavy (non-hydrogen) atoms. The second-order valence-corrected chi connectivity index (χ2v) is 5.37. The first-order valence-electron chi connectivity index (χ1n) is 7.70. The van der Waals surface area contributed by atoms with Gasteiger partial charge in [0.25, 0.3) is 5.91 Å². The predicted octanol–water partition coefficient (Wildman–Crippen LogP) is 4.03. The lowest BCUT2D eigenvalue weighted by molar-refractivity contribution is -0.117. The molecule has 2 aromatic carbocycles. The van der Waals surface area contributed by atoms with Crippen LogP contribution in [0.15, 0.2) is 60.2 Å². The number of amides is 1. The molecule has 0 heterocycles. The molecule has 3 nitrogen and oxygen atoms in total. The Labute approximate surface area is 137 Å². The molecule has 0 aliphatic heterocycles. The van der Waals surface area contributed by atoms with Gasteiger partial charge in [-0.2, -0.15) is 5.26 Å². The van der Waals surface area contributed by atoms with E-state index in [0.29, 0.717) is 0 Å². The van der Waals surface area contributed by atoms with Gasteiger partial charge in [0.05, 0.1) is 6.04 Å². The Hall–Kier alpha value is -2.86. The Morgan fingerprint density at radius 1 is 1.17 bits per heavy atom. The third kappa shape index (κ3) is 4.55. The third-order valence-corrected chi connectivity index (χ3v) is 3.71. The van der Waals surface area contributed by atoms with Gasteiger partial charge < -0.3 is 5.32 Å². The van der Waals surface area contributed by atoms with Crippen LogP contribution in [0.3, 0.4) is 0 Å². The van der Waals surface area contributed by atoms with Crippen LogP contribution in [-0.4, -0.2) is 5.91 Å². The summed E-state index contributed by atoms with van der Waals surface area (Å²) >= 11 is 0. The lowest BCUT2D eigenvalue weighted by Crippen LogP contribution is -2.27. The van der Waals surface area contributed by atoms with Crippen LogP contribution in [0.5, 0.6) is 0 Å². The van der Waals surface area contributed by atoms with Crippen molar-refractivity contribution in [3.8, 4) is 6.07 Å². The van der Waals surface area contributed by atoms with Gasteiger partial charge in [0.15, 0.2) is 0 Å². The van der Waals surface area contributed by atoms with Crippen molar-refractivity contribution in [1.29, 1.82) is 5.26 Å². The van der Waals surface area contributed by atoms with Crippen molar-refractivity contribution in [1.82, 2.24) is 5.32 Å². The van der Waals surface area contributed by atoms with E-state index in [1.165, 1.54) is 5.56 Å². The number of hydrogen-bond acceptors (Lipinski definition) is 2. The SMILES string of the molecule is CCc1ccc(/C=C(\C#N)C(=O)N[C@H](C)c2ccccc2)cc1. The summed E-state index contributed by atoms with van der Waals surface area (Å²) in [4.78, 5) is 12.3. The fourth-order valence-corrected chi connectivity index (χ4v) is 2.26. The summed E-state index contributed by atoms with van der Waals surface area (Å²) in [7, 11) is 0. The summed E-state index contributed by atoms with van der Waals surface area (Å²) in [5, 5.41) is 12.1. The molecule has 2 rings (SSSR count). The van der Waals surface area contributed by atoms with Gasteiger partial charge in [0.2, 0.25) is 0 Å². The highest BCUT2D eigenvalue weighted by atomic mass is 16.1. The van der Waals surface area contributed by atoms with Crippen LogP contribution >= 0.6 is 0 Å². The van der Waals surface area contributed by atoms with Gasteiger partial charge in [-0.3, -0.25) is 4.79 Å². The molecule has 116 valence electrons. The molecule has 1 N–H and O–H groups in total. The normalized spacial score (nSPS) is 12.3. The summed E-state index contributed by atoms with van der Waals surface area (Å²) in [6, 6.07) is 19.4. The van der Waals surface area contributed by atoms with Gasteiger partial charge in [-0.25, -0.2) is 0 Å². The minimum atomic E-state index is -0.358. The van der Waals surface area contributed by atoms with Crippen molar-refractivity contribution in [3.05, 3.63) is 76.9 Å². The first-order chi connectivity index (χ1) is 11.1. The standard InChI is InChI=1S/C20H20N2O/c1-3-16-9-11-17(12-10-16)13-19(14-21)20(23)22-15(2)18-7-5-4-6-8-18/h4-13,15H,3H2,1-2H3,(H,22,23)/b19-13+/t15-/m1/s1. The number of carbonyl (C=O) groups is 1. The van der Waals surface area contributed by atoms with Crippen LogP contribution in [0, 0.1) is 11.3 Å². The minimum Gasteiger partial charge on any atom is -0.345 e. The molecule has 3 heteroatoms. The highest BCUT2D eigenvalue weighted by Crippen LogP contribution is 2.14. The molecule has 0 aliphatic carbocycles. The number of benzene rings is 2. The highest BCUT2D eigenvalue weighted by molar-refractivity contribution is 6.01. The average Bonchev–Trinajstić information content (AvgIpc) is 2.60. The van der Waals surface area contributed by atoms with Crippen molar-refractivity contribution in [2.45, 2.75) is 26.3 Å². The minimum absolute atomic E-state index is 0.108. The van der Waals surface area contributed by atoms with Gasteiger partial charge in [0, 0.05) is 0 Å². The van der Waals surface area contributed by atoms with Crippen LogP contribution in [0.4, 0.5) is 0 Å². The molecule has 0 radical (unpaired) electrons. The number of nitrogens with one attached hydrogen (secondary N) is 1. The van der Waals surface area contributed by atoms with E-state index >= 15 is 0 Å². The van der Waals surface area contributed by atoms with Gasteiger partial charge in [-0.05, 0) is 36.1 Å². The molecule has 0 bridgehead atoms. The van der Waals surface area contributed by atoms with Crippen molar-refractivity contribution < 1.29 is 4.79 Å². The molecule has 0 saturated carbocycles. The number of aryl methyl sites for hydroxylation is 1. The summed E-state index contributed by atoms with van der Waals surface area (Å²) in [6.45, 7) is 3.99. The molecular formula is C20H20N2O. The van der Waals surface area contributed by atoms with Crippen LogP contribution < -0.4 is 5.32 Å². The maximum atomic E-state index is 12.3. The van der Waals surface area contributed by atoms with Crippen molar-refractivity contribution >= 4 is 12.0 Å². The van der Waals surface area contributed by atoms with E-state index in [4.69, 9.17) is 0 Å². The van der Waals surface area contributed by atoms with Crippen molar-refractivity contribution in [2.75, 3.05) is 0 Å². The van der Waals surface area contributed by atoms with Crippen LogP contribution in [0.25, 0.3) is 6.08 Å². The summed E-state index contributed by atoms with van der Waals surface area (Å²) in [5.41, 5.74) is 3.19. The maximum absolute atomic E-state index is 12.3. The molecule has 1 amide bonds. The van der Waals surface area contributed by atoms with E-state index in [1.54, 1.807) is 6.08 Å². The summed E-state index contributed by atoms with van der Waals surface area (Å²) in [6.07, 6.45) is 2.58. The van der Waals surface area contributed by atoms with Gasteiger partial charge in [0.1, 0.15) is 11.6 Å². The summed E-state index contributed by atoms with van der Waals surface area (Å²) < 4.78 is 0. The highest BCUT2D eigenvalue weighted by Gasteiger charge is 2.13. The van der Waals surface area contributed by atoms with E-state index in [2.05, 4.69) is 12.2 Å². The molecular weight excluding hydrogens is 284 g/mol. The largest absolute Gasteiger partial charge is 0.345 e. The number of nitriles is 1. The second-order valence-electron chi connectivity index (χ2n) is 5.37. The third-order valence-electron chi connectivity index (χ3n) is 3.71. The zero-order chi connectivity index (χ0) is 16.7. The Balaban J connectivity index is 2.11. The zero-order valence-electron chi connectivity index (χ0n) is 13.4. The Morgan fingerprint density at radius 3 is 2.39 bits per heavy atom. The lowest BCUT2D eigenvalue weighted by atomic mass is 10.1. The van der Waals surface area contributed by atoms with E-state index in [9.17, 15) is 10.1 Å². The quantitative estimate of drug-likeness (QED) is 0.669. The molecule has 0 spiro atoms. The molecule has 0 aromatic heterocycles. The predicted molar refractivity (Wildman–Crippen MR) is 92.4 cm³/mol. The average molecular weight is 304 g/mol. The van der Waals surface area contributed by atoms with Crippen molar-refractivity contribution in [2.24, 2.45) is 0 Å². The Kier molecular flexibility index (Phi) is 5.71. The number of carbonyl (C=O) groups excluding carboxylic acids is 1. The van der Waals surface area contributed by atoms with Gasteiger partial charge in [-0.1, -0.05) is 61.5 Å². The molecule has 1 atom stereocenters. The maximum Gasteiger partial charge on any atom is 0.262 e. The monoisotopic (exact) mass is 304 g/mol. The number of hydrogen-bond donors (Lipinski definition) is 1. The molecule has 2 aromatic rings. The second kappa shape index (κ2) is 7.95. The number of rotatable bonds is 5. The Morgan fingerprint density at radius 2 is 1.83 bits per heavy atom. The lowest BCUT2D eigenvalue weighted by Gasteiger charge is -2.13. The molecule has 0 saturated heterocycles. The first kappa shape index (κ1) is 16.5. The Bertz CT molecular complexity index is 724. The van der Waals surface area contributed by atoms with Crippen LogP contribution in [0.2, 0.25) is 0 Å². The topological polar surface area (TPSA) is 52.9 Å². The fraction of sp³-hybridized carbons (Fsp3) is 0.200. The van der Waals surface area contributed by atoms with E-state index in [-0.39, 0.29) is 17.5 Å². The molecule has 0 unspecified atom stereocenters. The number of nitrogens with zero attached hydrogens (tertiary/aromatic N) is 1. The fourth-order valence-electron chi connectivity index (χ4n) is 2.26. The van der Waals surface area contributed by atoms with Gasteiger partial charge >= 0.3 is 0 Å². The summed E-state index contributed by atoms with van der Waals surface area (Å²) in [5.74, 6) is -0.358. The van der Waals surface area contributed by atoms with E-state index in [0.717, 1.165) is 17.5 Å². The smallest absolute Gasteiger partial charge is 0.262 e. The zero-order valence-corrected chi connectivity index (χ0v) is 13.4. The molecule has 0 aliphatic rings. The van der Waals surface area contributed by atoms with Gasteiger partial charge in [-0.15, -0.1) is 0 Å². The van der Waals surface area contributed by atoms with Crippen LogP contribution in [-0.2, 0) is 11.2 Å². The van der Waals surface area contributed by atoms with Crippen molar-refractivity contribution in [3.63, 3.8) is 0 Å². The first-order valence-corrected chi connectivity index (χ1v) is 7.70. The van der Waals surface area contributed by atoms with E-state index in [1.807, 2.05) is 67.6 Å². The molecule has 0 fully saturated rings. The van der Waals surface area contributed by atoms with E-state index < -0.39 is 0 Å².